The Kier molecular flexibility index (Phi) is 9.89. The number of phosphoric ester groups is 1. The van der Waals surface area contributed by atoms with E-state index in [2.05, 4.69) is 15.6 Å². The smallest absolute Gasteiger partial charge is 0.445 e. The van der Waals surface area contributed by atoms with Crippen LogP contribution >= 0.6 is 19.6 Å². The van der Waals surface area contributed by atoms with E-state index in [9.17, 15) is 14.2 Å². The van der Waals surface area contributed by atoms with Crippen LogP contribution in [0.15, 0.2) is 12.7 Å². The average molecular weight is 409 g/mol. The SMILES string of the molecule is C=CCOC(=O)N1CCCC1(C)C(=O)SCCCCOP(=O)(OC)OC. The summed E-state index contributed by atoms with van der Waals surface area (Å²) in [5.41, 5.74) is -0.846. The zero-order valence-electron chi connectivity index (χ0n) is 15.6. The number of nitrogens with zero attached hydrogens (tertiary/aromatic N) is 1. The average Bonchev–Trinajstić information content (AvgIpc) is 3.05. The molecule has 0 aromatic carbocycles. The van der Waals surface area contributed by atoms with Crippen molar-refractivity contribution in [3.05, 3.63) is 12.7 Å². The third-order valence-corrected chi connectivity index (χ3v) is 6.68. The highest BCUT2D eigenvalue weighted by atomic mass is 32.2. The number of rotatable bonds is 11. The van der Waals surface area contributed by atoms with Gasteiger partial charge in [0.25, 0.3) is 0 Å². The first-order chi connectivity index (χ1) is 12.3. The molecule has 150 valence electrons. The predicted molar refractivity (Wildman–Crippen MR) is 100 cm³/mol. The number of carbonyl (C=O) groups is 2. The van der Waals surface area contributed by atoms with E-state index in [1.807, 2.05) is 0 Å². The number of phosphoric acid groups is 1. The number of unbranched alkanes of at least 4 members (excludes halogenated alkanes) is 1. The van der Waals surface area contributed by atoms with E-state index in [4.69, 9.17) is 9.26 Å². The third-order valence-electron chi connectivity index (χ3n) is 4.09. The molecule has 1 aliphatic rings. The molecular formula is C16H28NO7PS. The van der Waals surface area contributed by atoms with Crippen molar-refractivity contribution in [2.24, 2.45) is 0 Å². The lowest BCUT2D eigenvalue weighted by molar-refractivity contribution is -0.119. The van der Waals surface area contributed by atoms with Crippen molar-refractivity contribution >= 4 is 30.8 Å². The highest BCUT2D eigenvalue weighted by Gasteiger charge is 2.46. The van der Waals surface area contributed by atoms with Crippen LogP contribution in [-0.2, 0) is 27.7 Å². The quantitative estimate of drug-likeness (QED) is 0.290. The predicted octanol–water partition coefficient (Wildman–Crippen LogP) is 3.62. The van der Waals surface area contributed by atoms with Crippen LogP contribution in [0.1, 0.15) is 32.6 Å². The molecule has 1 heterocycles. The molecule has 1 aliphatic heterocycles. The van der Waals surface area contributed by atoms with E-state index < -0.39 is 19.5 Å². The van der Waals surface area contributed by atoms with E-state index in [0.29, 0.717) is 31.6 Å². The monoisotopic (exact) mass is 409 g/mol. The van der Waals surface area contributed by atoms with E-state index in [1.165, 1.54) is 37.0 Å². The second-order valence-corrected chi connectivity index (χ2v) is 8.83. The second kappa shape index (κ2) is 11.1. The number of thioether (sulfide) groups is 1. The summed E-state index contributed by atoms with van der Waals surface area (Å²) in [6.45, 7) is 6.14. The van der Waals surface area contributed by atoms with Crippen molar-refractivity contribution in [1.29, 1.82) is 0 Å². The summed E-state index contributed by atoms with van der Waals surface area (Å²) in [5, 5.41) is -0.0501. The number of amides is 1. The lowest BCUT2D eigenvalue weighted by atomic mass is 10.0. The summed E-state index contributed by atoms with van der Waals surface area (Å²) in [6.07, 6.45) is 3.71. The first kappa shape index (κ1) is 23.2. The third kappa shape index (κ3) is 6.39. The fourth-order valence-electron chi connectivity index (χ4n) is 2.56. The summed E-state index contributed by atoms with van der Waals surface area (Å²) in [5.74, 6) is 0.581. The Hall–Kier alpha value is -0.860. The fraction of sp³-hybridized carbons (Fsp3) is 0.750. The maximum Gasteiger partial charge on any atom is 0.474 e. The standard InChI is InChI=1S/C16H28NO7PS/c1-5-11-23-15(19)17-10-8-9-16(17,2)14(18)26-13-7-6-12-24-25(20,21-3)22-4/h5H,1,6-13H2,2-4H3. The molecule has 0 N–H and O–H groups in total. The highest BCUT2D eigenvalue weighted by molar-refractivity contribution is 8.13. The number of hydrogen-bond donors (Lipinski definition) is 0. The Labute approximate surface area is 159 Å². The normalized spacial score (nSPS) is 20.2. The molecule has 0 radical (unpaired) electrons. The van der Waals surface area contributed by atoms with Gasteiger partial charge >= 0.3 is 13.9 Å². The molecule has 0 aliphatic carbocycles. The molecule has 1 unspecified atom stereocenters. The minimum atomic E-state index is -3.44. The van der Waals surface area contributed by atoms with Crippen LogP contribution in [0.2, 0.25) is 0 Å². The van der Waals surface area contributed by atoms with Gasteiger partial charge in [-0.3, -0.25) is 23.3 Å². The summed E-state index contributed by atoms with van der Waals surface area (Å²) < 4.78 is 31.2. The lowest BCUT2D eigenvalue weighted by Crippen LogP contribution is -2.50. The summed E-state index contributed by atoms with van der Waals surface area (Å²) >= 11 is 1.19. The molecule has 10 heteroatoms. The van der Waals surface area contributed by atoms with Gasteiger partial charge in [0.1, 0.15) is 12.1 Å². The van der Waals surface area contributed by atoms with Crippen molar-refractivity contribution in [3.63, 3.8) is 0 Å². The molecule has 0 spiro atoms. The van der Waals surface area contributed by atoms with E-state index in [-0.39, 0.29) is 18.3 Å². The van der Waals surface area contributed by atoms with Gasteiger partial charge in [-0.25, -0.2) is 9.36 Å². The van der Waals surface area contributed by atoms with Gasteiger partial charge in [0.15, 0.2) is 0 Å². The van der Waals surface area contributed by atoms with E-state index >= 15 is 0 Å². The van der Waals surface area contributed by atoms with Gasteiger partial charge in [0, 0.05) is 26.5 Å². The molecule has 0 saturated carbocycles. The van der Waals surface area contributed by atoms with Crippen LogP contribution in [-0.4, -0.2) is 61.4 Å². The number of likely N-dealkylation sites (tertiary alicyclic amines) is 1. The molecule has 0 aromatic rings. The first-order valence-corrected chi connectivity index (χ1v) is 10.9. The van der Waals surface area contributed by atoms with Gasteiger partial charge in [-0.15, -0.1) is 0 Å². The van der Waals surface area contributed by atoms with Crippen LogP contribution in [0.4, 0.5) is 4.79 Å². The maximum absolute atomic E-state index is 12.6. The lowest BCUT2D eigenvalue weighted by Gasteiger charge is -2.32. The molecule has 1 saturated heterocycles. The van der Waals surface area contributed by atoms with Gasteiger partial charge in [-0.2, -0.15) is 0 Å². The van der Waals surface area contributed by atoms with Gasteiger partial charge in [0.05, 0.1) is 6.61 Å². The van der Waals surface area contributed by atoms with Crippen molar-refractivity contribution in [2.45, 2.75) is 38.1 Å². The zero-order chi connectivity index (χ0) is 19.6. The van der Waals surface area contributed by atoms with Gasteiger partial charge in [-0.1, -0.05) is 24.4 Å². The van der Waals surface area contributed by atoms with E-state index in [1.54, 1.807) is 6.92 Å². The van der Waals surface area contributed by atoms with Crippen LogP contribution < -0.4 is 0 Å². The van der Waals surface area contributed by atoms with Crippen LogP contribution in [0.5, 0.6) is 0 Å². The molecule has 1 rings (SSSR count). The van der Waals surface area contributed by atoms with Crippen LogP contribution in [0.3, 0.4) is 0 Å². The second-order valence-electron chi connectivity index (χ2n) is 5.88. The van der Waals surface area contributed by atoms with Crippen molar-refractivity contribution < 1.29 is 32.5 Å². The number of carbonyl (C=O) groups excluding carboxylic acids is 2. The highest BCUT2D eigenvalue weighted by Crippen LogP contribution is 2.47. The van der Waals surface area contributed by atoms with Gasteiger partial charge in [0.2, 0.25) is 5.12 Å². The number of ether oxygens (including phenoxy) is 1. The molecular weight excluding hydrogens is 381 g/mol. The topological polar surface area (TPSA) is 91.4 Å². The van der Waals surface area contributed by atoms with Gasteiger partial charge < -0.3 is 4.74 Å². The molecule has 0 bridgehead atoms. The molecule has 26 heavy (non-hydrogen) atoms. The minimum Gasteiger partial charge on any atom is -0.445 e. The molecule has 1 atom stereocenters. The Morgan fingerprint density at radius 1 is 1.31 bits per heavy atom. The van der Waals surface area contributed by atoms with Crippen LogP contribution in [0, 0.1) is 0 Å². The summed E-state index contributed by atoms with van der Waals surface area (Å²) in [7, 11) is -0.931. The Morgan fingerprint density at radius 3 is 2.62 bits per heavy atom. The van der Waals surface area contributed by atoms with Crippen molar-refractivity contribution in [1.82, 2.24) is 4.90 Å². The Balaban J connectivity index is 2.38. The molecule has 1 amide bonds. The first-order valence-electron chi connectivity index (χ1n) is 8.41. The fourth-order valence-corrected chi connectivity index (χ4v) is 4.33. The molecule has 1 fully saturated rings. The Morgan fingerprint density at radius 2 is 2.00 bits per heavy atom. The maximum atomic E-state index is 12.6. The van der Waals surface area contributed by atoms with Crippen molar-refractivity contribution in [2.75, 3.05) is 39.7 Å². The largest absolute Gasteiger partial charge is 0.474 e. The van der Waals surface area contributed by atoms with Crippen molar-refractivity contribution in [3.8, 4) is 0 Å². The minimum absolute atomic E-state index is 0.0501. The van der Waals surface area contributed by atoms with Crippen LogP contribution in [0.25, 0.3) is 0 Å². The molecule has 0 aromatic heterocycles. The summed E-state index contributed by atoms with van der Waals surface area (Å²) in [6, 6.07) is 0. The van der Waals surface area contributed by atoms with E-state index in [0.717, 1.165) is 6.42 Å². The molecule has 8 nitrogen and oxygen atoms in total. The number of hydrogen-bond acceptors (Lipinski definition) is 8. The zero-order valence-corrected chi connectivity index (χ0v) is 17.3. The van der Waals surface area contributed by atoms with Gasteiger partial charge in [-0.05, 0) is 32.6 Å². The summed E-state index contributed by atoms with van der Waals surface area (Å²) in [4.78, 5) is 26.2. The Bertz CT molecular complexity index is 537.